The smallest absolute Gasteiger partial charge is 0.261 e. The molecule has 6 nitrogen and oxygen atoms in total. The fourth-order valence-corrected chi connectivity index (χ4v) is 3.33. The number of nitrogens with one attached hydrogen (secondary N) is 2. The maximum atomic E-state index is 12.4. The first-order valence-corrected chi connectivity index (χ1v) is 9.45. The van der Waals surface area contributed by atoms with Crippen LogP contribution in [0.4, 0.5) is 11.5 Å². The highest BCUT2D eigenvalue weighted by molar-refractivity contribution is 7.99. The van der Waals surface area contributed by atoms with Gasteiger partial charge in [0.2, 0.25) is 5.91 Å². The summed E-state index contributed by atoms with van der Waals surface area (Å²) in [5, 5.41) is 3.66. The number of nitrogens with two attached hydrogens (primary N) is 1. The van der Waals surface area contributed by atoms with Crippen molar-refractivity contribution in [2.24, 2.45) is 0 Å². The molecule has 3 aromatic rings. The number of aromatic nitrogens is 2. The molecule has 0 aliphatic heterocycles. The second kappa shape index (κ2) is 8.28. The van der Waals surface area contributed by atoms with E-state index in [1.807, 2.05) is 25.1 Å². The lowest BCUT2D eigenvalue weighted by Gasteiger charge is -2.10. The third-order valence-corrected chi connectivity index (χ3v) is 5.15. The van der Waals surface area contributed by atoms with Crippen LogP contribution in [0.5, 0.6) is 0 Å². The van der Waals surface area contributed by atoms with Gasteiger partial charge in [0.1, 0.15) is 5.82 Å². The molecule has 1 amide bonds. The van der Waals surface area contributed by atoms with Crippen LogP contribution in [0.25, 0.3) is 11.1 Å². The molecule has 0 unspecified atom stereocenters. The number of aromatic amines is 1. The van der Waals surface area contributed by atoms with Gasteiger partial charge in [-0.2, -0.15) is 0 Å². The zero-order valence-corrected chi connectivity index (χ0v) is 16.0. The van der Waals surface area contributed by atoms with Crippen molar-refractivity contribution in [2.75, 3.05) is 16.8 Å². The Labute approximate surface area is 165 Å². The SMILES string of the molecule is Cc1c(Cl)cccc1NC(=O)CSc1nc(N)c(-c2ccccc2)c(=O)[nH]1. The predicted molar refractivity (Wildman–Crippen MR) is 110 cm³/mol. The van der Waals surface area contributed by atoms with Crippen LogP contribution in [0.15, 0.2) is 58.5 Å². The number of halogens is 1. The largest absolute Gasteiger partial charge is 0.383 e. The van der Waals surface area contributed by atoms with Crippen LogP contribution in [0.3, 0.4) is 0 Å². The van der Waals surface area contributed by atoms with Crippen molar-refractivity contribution in [1.82, 2.24) is 9.97 Å². The number of H-pyrrole nitrogens is 1. The number of carbonyl (C=O) groups is 1. The number of nitrogen functional groups attached to an aromatic ring is 1. The number of rotatable bonds is 5. The first-order valence-electron chi connectivity index (χ1n) is 8.08. The van der Waals surface area contributed by atoms with E-state index in [2.05, 4.69) is 15.3 Å². The molecule has 0 saturated carbocycles. The van der Waals surface area contributed by atoms with Crippen LogP contribution in [-0.4, -0.2) is 21.6 Å². The second-order valence-electron chi connectivity index (χ2n) is 5.75. The minimum Gasteiger partial charge on any atom is -0.383 e. The van der Waals surface area contributed by atoms with Gasteiger partial charge in [0.05, 0.1) is 11.3 Å². The van der Waals surface area contributed by atoms with E-state index in [4.69, 9.17) is 17.3 Å². The zero-order chi connectivity index (χ0) is 19.4. The average molecular weight is 401 g/mol. The van der Waals surface area contributed by atoms with Crippen molar-refractivity contribution >= 4 is 40.8 Å². The van der Waals surface area contributed by atoms with Crippen molar-refractivity contribution < 1.29 is 4.79 Å². The van der Waals surface area contributed by atoms with Crippen molar-refractivity contribution in [3.63, 3.8) is 0 Å². The molecule has 0 aliphatic rings. The number of benzene rings is 2. The van der Waals surface area contributed by atoms with E-state index >= 15 is 0 Å². The van der Waals surface area contributed by atoms with E-state index in [9.17, 15) is 9.59 Å². The Hall–Kier alpha value is -2.77. The second-order valence-corrected chi connectivity index (χ2v) is 7.12. The van der Waals surface area contributed by atoms with Gasteiger partial charge in [-0.05, 0) is 30.2 Å². The van der Waals surface area contributed by atoms with Gasteiger partial charge in [-0.15, -0.1) is 0 Å². The van der Waals surface area contributed by atoms with Gasteiger partial charge in [-0.1, -0.05) is 59.8 Å². The number of anilines is 2. The van der Waals surface area contributed by atoms with Gasteiger partial charge in [0.15, 0.2) is 5.16 Å². The fourth-order valence-electron chi connectivity index (χ4n) is 2.48. The number of hydrogen-bond acceptors (Lipinski definition) is 5. The minimum atomic E-state index is -0.345. The van der Waals surface area contributed by atoms with Crippen LogP contribution in [0.1, 0.15) is 5.56 Å². The summed E-state index contributed by atoms with van der Waals surface area (Å²) in [6.45, 7) is 1.83. The van der Waals surface area contributed by atoms with Gasteiger partial charge >= 0.3 is 0 Å². The summed E-state index contributed by atoms with van der Waals surface area (Å²) in [4.78, 5) is 31.4. The minimum absolute atomic E-state index is 0.0685. The Morgan fingerprint density at radius 3 is 2.67 bits per heavy atom. The van der Waals surface area contributed by atoms with E-state index in [0.29, 0.717) is 21.8 Å². The number of thioether (sulfide) groups is 1. The summed E-state index contributed by atoms with van der Waals surface area (Å²) in [6, 6.07) is 14.4. The summed E-state index contributed by atoms with van der Waals surface area (Å²) >= 11 is 7.15. The molecule has 0 bridgehead atoms. The molecule has 138 valence electrons. The van der Waals surface area contributed by atoms with Gasteiger partial charge in [0, 0.05) is 10.7 Å². The Morgan fingerprint density at radius 1 is 1.22 bits per heavy atom. The molecule has 0 fully saturated rings. The molecule has 1 heterocycles. The highest BCUT2D eigenvalue weighted by Crippen LogP contribution is 2.24. The first kappa shape index (κ1) is 19.0. The number of amides is 1. The third-order valence-electron chi connectivity index (χ3n) is 3.87. The van der Waals surface area contributed by atoms with E-state index < -0.39 is 0 Å². The molecule has 0 spiro atoms. The molecule has 27 heavy (non-hydrogen) atoms. The van der Waals surface area contributed by atoms with Gasteiger partial charge in [-0.25, -0.2) is 4.98 Å². The molecule has 1 aromatic heterocycles. The molecular formula is C19H17ClN4O2S. The van der Waals surface area contributed by atoms with E-state index in [0.717, 1.165) is 17.3 Å². The molecule has 0 saturated heterocycles. The fraction of sp³-hybridized carbons (Fsp3) is 0.105. The molecule has 0 aliphatic carbocycles. The van der Waals surface area contributed by atoms with Crippen LogP contribution >= 0.6 is 23.4 Å². The Morgan fingerprint density at radius 2 is 1.96 bits per heavy atom. The van der Waals surface area contributed by atoms with E-state index in [1.165, 1.54) is 0 Å². The zero-order valence-electron chi connectivity index (χ0n) is 14.5. The van der Waals surface area contributed by atoms with E-state index in [-0.39, 0.29) is 28.2 Å². The lowest BCUT2D eigenvalue weighted by atomic mass is 10.1. The summed E-state index contributed by atoms with van der Waals surface area (Å²) in [7, 11) is 0. The first-order chi connectivity index (χ1) is 13.0. The number of nitrogens with zero attached hydrogens (tertiary/aromatic N) is 1. The van der Waals surface area contributed by atoms with Crippen LogP contribution < -0.4 is 16.6 Å². The van der Waals surface area contributed by atoms with Gasteiger partial charge in [0.25, 0.3) is 5.56 Å². The van der Waals surface area contributed by atoms with E-state index in [1.54, 1.807) is 30.3 Å². The van der Waals surface area contributed by atoms with Crippen LogP contribution in [-0.2, 0) is 4.79 Å². The molecule has 8 heteroatoms. The van der Waals surface area contributed by atoms with Crippen molar-refractivity contribution in [3.05, 3.63) is 69.5 Å². The summed E-state index contributed by atoms with van der Waals surface area (Å²) in [5.74, 6) is -0.0452. The van der Waals surface area contributed by atoms with Gasteiger partial charge < -0.3 is 16.0 Å². The molecule has 2 aromatic carbocycles. The van der Waals surface area contributed by atoms with Crippen molar-refractivity contribution in [1.29, 1.82) is 0 Å². The molecule has 0 radical (unpaired) electrons. The monoisotopic (exact) mass is 400 g/mol. The average Bonchev–Trinajstić information content (AvgIpc) is 2.64. The lowest BCUT2D eigenvalue weighted by molar-refractivity contribution is -0.113. The standard InChI is InChI=1S/C19H17ClN4O2S/c1-11-13(20)8-5-9-14(11)22-15(25)10-27-19-23-17(21)16(18(26)24-19)12-6-3-2-4-7-12/h2-9H,10H2,1H3,(H,22,25)(H3,21,23,24,26). The summed E-state index contributed by atoms with van der Waals surface area (Å²) < 4.78 is 0. The molecule has 3 rings (SSSR count). The molecule has 0 atom stereocenters. The normalized spacial score (nSPS) is 10.6. The maximum absolute atomic E-state index is 12.4. The van der Waals surface area contributed by atoms with Crippen molar-refractivity contribution in [3.8, 4) is 11.1 Å². The third kappa shape index (κ3) is 4.50. The van der Waals surface area contributed by atoms with Gasteiger partial charge in [-0.3, -0.25) is 9.59 Å². The Balaban J connectivity index is 1.71. The number of hydrogen-bond donors (Lipinski definition) is 3. The Bertz CT molecular complexity index is 1040. The lowest BCUT2D eigenvalue weighted by Crippen LogP contribution is -2.18. The van der Waals surface area contributed by atoms with Crippen LogP contribution in [0.2, 0.25) is 5.02 Å². The predicted octanol–water partition coefficient (Wildman–Crippen LogP) is 3.71. The Kier molecular flexibility index (Phi) is 5.83. The number of carbonyl (C=O) groups excluding carboxylic acids is 1. The maximum Gasteiger partial charge on any atom is 0.261 e. The molecule has 4 N–H and O–H groups in total. The highest BCUT2D eigenvalue weighted by atomic mass is 35.5. The highest BCUT2D eigenvalue weighted by Gasteiger charge is 2.13. The summed E-state index contributed by atoms with van der Waals surface area (Å²) in [6.07, 6.45) is 0. The van der Waals surface area contributed by atoms with Crippen molar-refractivity contribution in [2.45, 2.75) is 12.1 Å². The summed E-state index contributed by atoms with van der Waals surface area (Å²) in [5.41, 5.74) is 8.06. The topological polar surface area (TPSA) is 101 Å². The van der Waals surface area contributed by atoms with Crippen LogP contribution in [0, 0.1) is 6.92 Å². The quantitative estimate of drug-likeness (QED) is 0.447. The molecular weight excluding hydrogens is 384 g/mol.